The van der Waals surface area contributed by atoms with E-state index in [4.69, 9.17) is 4.74 Å². The summed E-state index contributed by atoms with van der Waals surface area (Å²) in [4.78, 5) is 32.0. The summed E-state index contributed by atoms with van der Waals surface area (Å²) in [7, 11) is 0. The Kier molecular flexibility index (Phi) is 3.29. The molecule has 1 aliphatic carbocycles. The summed E-state index contributed by atoms with van der Waals surface area (Å²) in [5.74, 6) is 0.419. The van der Waals surface area contributed by atoms with Crippen molar-refractivity contribution >= 4 is 27.5 Å². The SMILES string of the molecule is CCOC(=O)[C@H]1CCc2nc3sc4c(c3c(=O)n21)CCCC4. The summed E-state index contributed by atoms with van der Waals surface area (Å²) in [6, 6.07) is -0.501. The molecule has 2 aromatic rings. The van der Waals surface area contributed by atoms with Gasteiger partial charge in [0.05, 0.1) is 12.0 Å². The van der Waals surface area contributed by atoms with Gasteiger partial charge in [-0.15, -0.1) is 11.3 Å². The van der Waals surface area contributed by atoms with Crippen LogP contribution in [0.4, 0.5) is 0 Å². The van der Waals surface area contributed by atoms with Gasteiger partial charge in [0.15, 0.2) is 0 Å². The number of aromatic nitrogens is 2. The number of nitrogens with zero attached hydrogens (tertiary/aromatic N) is 2. The van der Waals surface area contributed by atoms with Crippen LogP contribution in [0.5, 0.6) is 0 Å². The number of ether oxygens (including phenoxy) is 1. The van der Waals surface area contributed by atoms with Crippen LogP contribution in [0.1, 0.15) is 48.5 Å². The van der Waals surface area contributed by atoms with Crippen LogP contribution in [0.2, 0.25) is 0 Å². The van der Waals surface area contributed by atoms with Gasteiger partial charge in [-0.3, -0.25) is 9.36 Å². The summed E-state index contributed by atoms with van der Waals surface area (Å²) >= 11 is 1.66. The summed E-state index contributed by atoms with van der Waals surface area (Å²) in [5.41, 5.74) is 1.13. The molecule has 0 amide bonds. The van der Waals surface area contributed by atoms with E-state index in [9.17, 15) is 9.59 Å². The molecule has 0 aromatic carbocycles. The Hall–Kier alpha value is -1.69. The predicted octanol–water partition coefficient (Wildman–Crippen LogP) is 2.39. The topological polar surface area (TPSA) is 61.2 Å². The third kappa shape index (κ3) is 1.93. The minimum absolute atomic E-state index is 0.0463. The van der Waals surface area contributed by atoms with Crippen molar-refractivity contribution in [3.63, 3.8) is 0 Å². The first kappa shape index (κ1) is 13.9. The third-order valence-corrected chi connectivity index (χ3v) is 5.79. The lowest BCUT2D eigenvalue weighted by atomic mass is 9.97. The quantitative estimate of drug-likeness (QED) is 0.798. The fraction of sp³-hybridized carbons (Fsp3) is 0.562. The van der Waals surface area contributed by atoms with E-state index in [0.717, 1.165) is 35.3 Å². The van der Waals surface area contributed by atoms with Gasteiger partial charge in [0.25, 0.3) is 5.56 Å². The van der Waals surface area contributed by atoms with Crippen LogP contribution in [0.3, 0.4) is 0 Å². The number of hydrogen-bond acceptors (Lipinski definition) is 5. The normalized spacial score (nSPS) is 20.0. The monoisotopic (exact) mass is 318 g/mol. The molecular weight excluding hydrogens is 300 g/mol. The Morgan fingerprint density at radius 2 is 2.18 bits per heavy atom. The van der Waals surface area contributed by atoms with Crippen molar-refractivity contribution in [2.24, 2.45) is 0 Å². The van der Waals surface area contributed by atoms with Crippen LogP contribution in [0, 0.1) is 0 Å². The zero-order valence-corrected chi connectivity index (χ0v) is 13.4. The highest BCUT2D eigenvalue weighted by atomic mass is 32.1. The molecule has 22 heavy (non-hydrogen) atoms. The maximum absolute atomic E-state index is 13.0. The lowest BCUT2D eigenvalue weighted by Crippen LogP contribution is -2.30. The Morgan fingerprint density at radius 1 is 1.36 bits per heavy atom. The van der Waals surface area contributed by atoms with E-state index < -0.39 is 6.04 Å². The third-order valence-electron chi connectivity index (χ3n) is 4.61. The zero-order valence-electron chi connectivity index (χ0n) is 12.6. The number of thiophene rings is 1. The number of fused-ring (bicyclic) bond motifs is 4. The van der Waals surface area contributed by atoms with E-state index in [1.54, 1.807) is 22.8 Å². The van der Waals surface area contributed by atoms with Crippen molar-refractivity contribution in [2.75, 3.05) is 6.61 Å². The van der Waals surface area contributed by atoms with Gasteiger partial charge >= 0.3 is 5.97 Å². The van der Waals surface area contributed by atoms with Crippen LogP contribution in [0.15, 0.2) is 4.79 Å². The number of esters is 1. The number of rotatable bonds is 2. The van der Waals surface area contributed by atoms with Crippen LogP contribution < -0.4 is 5.56 Å². The maximum Gasteiger partial charge on any atom is 0.329 e. The molecule has 4 rings (SSSR count). The van der Waals surface area contributed by atoms with Crippen molar-refractivity contribution in [1.29, 1.82) is 0 Å². The predicted molar refractivity (Wildman–Crippen MR) is 84.5 cm³/mol. The highest BCUT2D eigenvalue weighted by Gasteiger charge is 2.33. The van der Waals surface area contributed by atoms with Gasteiger partial charge < -0.3 is 4.74 Å². The average Bonchev–Trinajstić information content (AvgIpc) is 3.08. The van der Waals surface area contributed by atoms with Gasteiger partial charge in [-0.1, -0.05) is 0 Å². The van der Waals surface area contributed by atoms with Gasteiger partial charge in [0, 0.05) is 11.3 Å². The molecule has 5 nitrogen and oxygen atoms in total. The van der Waals surface area contributed by atoms with Gasteiger partial charge in [0.2, 0.25) is 0 Å². The largest absolute Gasteiger partial charge is 0.464 e. The first-order valence-corrected chi connectivity index (χ1v) is 8.74. The van der Waals surface area contributed by atoms with Crippen molar-refractivity contribution in [2.45, 2.75) is 51.5 Å². The smallest absolute Gasteiger partial charge is 0.329 e. The molecule has 0 fully saturated rings. The number of hydrogen-bond donors (Lipinski definition) is 0. The van der Waals surface area contributed by atoms with Gasteiger partial charge in [-0.05, 0) is 44.6 Å². The minimum atomic E-state index is -0.501. The molecule has 2 aromatic heterocycles. The first-order chi connectivity index (χ1) is 10.7. The van der Waals surface area contributed by atoms with E-state index >= 15 is 0 Å². The van der Waals surface area contributed by atoms with Gasteiger partial charge in [0.1, 0.15) is 16.7 Å². The Labute approximate surface area is 131 Å². The van der Waals surface area contributed by atoms with Crippen LogP contribution in [0.25, 0.3) is 10.2 Å². The minimum Gasteiger partial charge on any atom is -0.464 e. The van der Waals surface area contributed by atoms with Crippen LogP contribution in [-0.4, -0.2) is 22.1 Å². The summed E-state index contributed by atoms with van der Waals surface area (Å²) in [6.07, 6.45) is 5.59. The molecule has 116 valence electrons. The highest BCUT2D eigenvalue weighted by molar-refractivity contribution is 7.18. The Balaban J connectivity index is 1.91. The summed E-state index contributed by atoms with van der Waals surface area (Å²) in [6.45, 7) is 2.12. The Morgan fingerprint density at radius 3 is 3.00 bits per heavy atom. The van der Waals surface area contributed by atoms with E-state index in [2.05, 4.69) is 4.98 Å². The van der Waals surface area contributed by atoms with Crippen molar-refractivity contribution in [3.05, 3.63) is 26.6 Å². The zero-order chi connectivity index (χ0) is 15.3. The van der Waals surface area contributed by atoms with E-state index in [0.29, 0.717) is 19.4 Å². The molecule has 6 heteroatoms. The molecule has 0 bridgehead atoms. The second kappa shape index (κ2) is 5.19. The summed E-state index contributed by atoms with van der Waals surface area (Å²) in [5, 5.41) is 0.750. The standard InChI is InChI=1S/C16H18N2O3S/c1-2-21-16(20)10-7-8-12-17-14-13(15(19)18(10)12)9-5-3-4-6-11(9)22-14/h10H,2-8H2,1H3/t10-/m1/s1. The lowest BCUT2D eigenvalue weighted by Gasteiger charge is -2.14. The second-order valence-corrected chi connectivity index (χ2v) is 6.98. The fourth-order valence-corrected chi connectivity index (χ4v) is 4.88. The van der Waals surface area contributed by atoms with E-state index in [-0.39, 0.29) is 11.5 Å². The van der Waals surface area contributed by atoms with Gasteiger partial charge in [-0.2, -0.15) is 0 Å². The molecule has 0 N–H and O–H groups in total. The molecule has 0 saturated carbocycles. The molecule has 0 unspecified atom stereocenters. The molecule has 0 radical (unpaired) electrons. The summed E-state index contributed by atoms with van der Waals surface area (Å²) < 4.78 is 6.71. The van der Waals surface area contributed by atoms with Crippen molar-refractivity contribution in [1.82, 2.24) is 9.55 Å². The van der Waals surface area contributed by atoms with E-state index in [1.165, 1.54) is 16.9 Å². The molecule has 1 aliphatic heterocycles. The molecule has 0 spiro atoms. The van der Waals surface area contributed by atoms with Crippen molar-refractivity contribution in [3.8, 4) is 0 Å². The highest BCUT2D eigenvalue weighted by Crippen LogP contribution is 2.35. The van der Waals surface area contributed by atoms with Crippen LogP contribution >= 0.6 is 11.3 Å². The molecular formula is C16H18N2O3S. The van der Waals surface area contributed by atoms with Gasteiger partial charge in [-0.25, -0.2) is 9.78 Å². The Bertz CT molecular complexity index is 821. The maximum atomic E-state index is 13.0. The lowest BCUT2D eigenvalue weighted by molar-refractivity contribution is -0.147. The van der Waals surface area contributed by atoms with E-state index in [1.807, 2.05) is 0 Å². The fourth-order valence-electron chi connectivity index (χ4n) is 3.61. The second-order valence-electron chi connectivity index (χ2n) is 5.90. The van der Waals surface area contributed by atoms with Crippen molar-refractivity contribution < 1.29 is 9.53 Å². The average molecular weight is 318 g/mol. The number of carbonyl (C=O) groups excluding carboxylic acids is 1. The molecule has 3 heterocycles. The molecule has 2 aliphatic rings. The first-order valence-electron chi connectivity index (χ1n) is 7.93. The number of aryl methyl sites for hydroxylation is 3. The van der Waals surface area contributed by atoms with Crippen LogP contribution in [-0.2, 0) is 28.8 Å². The molecule has 0 saturated heterocycles. The molecule has 1 atom stereocenters. The number of carbonyl (C=O) groups is 1.